The van der Waals surface area contributed by atoms with Crippen molar-refractivity contribution >= 4 is 29.2 Å². The SMILES string of the molecule is O=C(Nc1cccc(C#Cc2cnc3cccnn23)c1)N1N=C(OC(=O)C(F)(F)F)C[C@H]1c1cccc(F)c1. The molecule has 0 bridgehead atoms. The van der Waals surface area contributed by atoms with Crippen LogP contribution in [0, 0.1) is 17.7 Å². The molecule has 0 aliphatic carbocycles. The summed E-state index contributed by atoms with van der Waals surface area (Å²) in [7, 11) is 0. The number of urea groups is 1. The van der Waals surface area contributed by atoms with Crippen molar-refractivity contribution in [1.82, 2.24) is 19.6 Å². The highest BCUT2D eigenvalue weighted by molar-refractivity contribution is 5.96. The van der Waals surface area contributed by atoms with Crippen LogP contribution in [0.5, 0.6) is 0 Å². The number of amides is 2. The molecule has 0 fully saturated rings. The van der Waals surface area contributed by atoms with E-state index < -0.39 is 35.9 Å². The first kappa shape index (κ1) is 25.4. The number of ether oxygens (including phenoxy) is 1. The van der Waals surface area contributed by atoms with Gasteiger partial charge in [-0.1, -0.05) is 24.1 Å². The number of nitrogens with one attached hydrogen (secondary N) is 1. The van der Waals surface area contributed by atoms with Gasteiger partial charge in [-0.3, -0.25) is 0 Å². The number of esters is 1. The predicted octanol–water partition coefficient (Wildman–Crippen LogP) is 4.67. The van der Waals surface area contributed by atoms with Gasteiger partial charge in [-0.15, -0.1) is 5.10 Å². The summed E-state index contributed by atoms with van der Waals surface area (Å²) in [4.78, 5) is 28.6. The highest BCUT2D eigenvalue weighted by atomic mass is 19.4. The number of fused-ring (bicyclic) bond motifs is 1. The molecule has 13 heteroatoms. The van der Waals surface area contributed by atoms with Gasteiger partial charge in [0, 0.05) is 17.4 Å². The van der Waals surface area contributed by atoms with Crippen LogP contribution in [0.1, 0.15) is 29.3 Å². The van der Waals surface area contributed by atoms with E-state index in [0.717, 1.165) is 11.1 Å². The molecule has 1 atom stereocenters. The molecule has 9 nitrogen and oxygen atoms in total. The van der Waals surface area contributed by atoms with E-state index in [4.69, 9.17) is 0 Å². The van der Waals surface area contributed by atoms with Crippen LogP contribution < -0.4 is 5.32 Å². The highest BCUT2D eigenvalue weighted by Crippen LogP contribution is 2.33. The summed E-state index contributed by atoms with van der Waals surface area (Å²) in [5.41, 5.74) is 2.25. The second kappa shape index (κ2) is 10.3. The zero-order valence-electron chi connectivity index (χ0n) is 19.7. The first-order valence-electron chi connectivity index (χ1n) is 11.3. The molecule has 2 aromatic heterocycles. The van der Waals surface area contributed by atoms with Gasteiger partial charge in [-0.05, 0) is 53.9 Å². The number of benzene rings is 2. The standard InChI is InChI=1S/C26H16F4N6O3/c27-18-6-2-5-17(13-18)21-14-23(39-24(37)26(28,29)30)34-36(21)25(38)33-19-7-1-4-16(12-19)9-10-20-15-31-22-8-3-11-32-35(20)22/h1-8,11-13,15,21H,14H2,(H,33,38)/t21-/m0/s1. The number of rotatable bonds is 2. The molecule has 2 amide bonds. The molecule has 0 spiro atoms. The highest BCUT2D eigenvalue weighted by Gasteiger charge is 2.44. The fourth-order valence-corrected chi connectivity index (χ4v) is 3.78. The van der Waals surface area contributed by atoms with E-state index in [2.05, 4.69) is 37.1 Å². The average Bonchev–Trinajstić information content (AvgIpc) is 3.52. The molecule has 1 aliphatic heterocycles. The monoisotopic (exact) mass is 536 g/mol. The Kier molecular flexibility index (Phi) is 6.68. The first-order valence-corrected chi connectivity index (χ1v) is 11.3. The number of carbonyl (C=O) groups excluding carboxylic acids is 2. The number of imidazole rings is 1. The quantitative estimate of drug-likeness (QED) is 0.228. The Hall–Kier alpha value is -5.25. The maximum Gasteiger partial charge on any atom is 0.491 e. The smallest absolute Gasteiger partial charge is 0.403 e. The molecule has 196 valence electrons. The molecule has 1 N–H and O–H groups in total. The minimum absolute atomic E-state index is 0.244. The van der Waals surface area contributed by atoms with E-state index in [1.165, 1.54) is 18.2 Å². The van der Waals surface area contributed by atoms with Crippen molar-refractivity contribution in [2.45, 2.75) is 18.6 Å². The molecule has 0 radical (unpaired) electrons. The number of hydrazone groups is 1. The van der Waals surface area contributed by atoms with Gasteiger partial charge in [0.05, 0.1) is 18.7 Å². The van der Waals surface area contributed by atoms with Crippen LogP contribution in [0.2, 0.25) is 0 Å². The lowest BCUT2D eigenvalue weighted by molar-refractivity contribution is -0.191. The second-order valence-electron chi connectivity index (χ2n) is 8.20. The summed E-state index contributed by atoms with van der Waals surface area (Å²) in [5, 5.41) is 11.4. The zero-order valence-corrected chi connectivity index (χ0v) is 19.7. The number of halogens is 4. The number of nitrogens with zero attached hydrogens (tertiary/aromatic N) is 5. The zero-order chi connectivity index (χ0) is 27.6. The minimum Gasteiger partial charge on any atom is -0.403 e. The lowest BCUT2D eigenvalue weighted by Gasteiger charge is -2.22. The summed E-state index contributed by atoms with van der Waals surface area (Å²) in [6.45, 7) is 0. The summed E-state index contributed by atoms with van der Waals surface area (Å²) < 4.78 is 57.9. The van der Waals surface area contributed by atoms with Crippen LogP contribution in [0.4, 0.5) is 28.0 Å². The van der Waals surface area contributed by atoms with Gasteiger partial charge in [0.2, 0.25) is 5.90 Å². The maximum atomic E-state index is 13.9. The summed E-state index contributed by atoms with van der Waals surface area (Å²) in [6, 6.07) is 13.3. The topological polar surface area (TPSA) is 101 Å². The molecule has 4 aromatic rings. The number of anilines is 1. The van der Waals surface area contributed by atoms with Crippen molar-refractivity contribution in [1.29, 1.82) is 0 Å². The van der Waals surface area contributed by atoms with E-state index in [9.17, 15) is 27.2 Å². The molecule has 39 heavy (non-hydrogen) atoms. The molecule has 5 rings (SSSR count). The van der Waals surface area contributed by atoms with Crippen molar-refractivity contribution in [2.24, 2.45) is 5.10 Å². The lowest BCUT2D eigenvalue weighted by Crippen LogP contribution is -2.31. The van der Waals surface area contributed by atoms with Crippen LogP contribution in [0.15, 0.2) is 78.2 Å². The van der Waals surface area contributed by atoms with Gasteiger partial charge >= 0.3 is 18.2 Å². The first-order chi connectivity index (χ1) is 18.7. The third-order valence-corrected chi connectivity index (χ3v) is 5.49. The second-order valence-corrected chi connectivity index (χ2v) is 8.20. The molecule has 1 aliphatic rings. The summed E-state index contributed by atoms with van der Waals surface area (Å²) >= 11 is 0. The van der Waals surface area contributed by atoms with E-state index in [0.29, 0.717) is 22.6 Å². The summed E-state index contributed by atoms with van der Waals surface area (Å²) in [6.07, 6.45) is -2.46. The predicted molar refractivity (Wildman–Crippen MR) is 130 cm³/mol. The molecule has 3 heterocycles. The van der Waals surface area contributed by atoms with Crippen LogP contribution >= 0.6 is 0 Å². The van der Waals surface area contributed by atoms with Crippen molar-refractivity contribution < 1.29 is 31.9 Å². The number of carbonyl (C=O) groups is 2. The van der Waals surface area contributed by atoms with E-state index >= 15 is 0 Å². The third-order valence-electron chi connectivity index (χ3n) is 5.49. The van der Waals surface area contributed by atoms with Crippen molar-refractivity contribution in [3.63, 3.8) is 0 Å². The number of alkyl halides is 3. The van der Waals surface area contributed by atoms with Gasteiger partial charge < -0.3 is 10.1 Å². The van der Waals surface area contributed by atoms with E-state index in [1.54, 1.807) is 53.3 Å². The Bertz CT molecular complexity index is 1670. The van der Waals surface area contributed by atoms with Gasteiger partial charge in [0.15, 0.2) is 5.65 Å². The molecule has 2 aromatic carbocycles. The molecular formula is C26H16F4N6O3. The van der Waals surface area contributed by atoms with Crippen LogP contribution in [-0.2, 0) is 9.53 Å². The summed E-state index contributed by atoms with van der Waals surface area (Å²) in [5.74, 6) is 2.18. The van der Waals surface area contributed by atoms with Crippen LogP contribution in [-0.4, -0.2) is 43.7 Å². The fourth-order valence-electron chi connectivity index (χ4n) is 3.78. The molecule has 0 saturated carbocycles. The van der Waals surface area contributed by atoms with E-state index in [-0.39, 0.29) is 12.0 Å². The Balaban J connectivity index is 1.37. The molecular weight excluding hydrogens is 520 g/mol. The van der Waals surface area contributed by atoms with Crippen LogP contribution in [0.3, 0.4) is 0 Å². The van der Waals surface area contributed by atoms with Crippen molar-refractivity contribution in [2.75, 3.05) is 5.32 Å². The Morgan fingerprint density at radius 3 is 2.67 bits per heavy atom. The van der Waals surface area contributed by atoms with Gasteiger partial charge in [-0.25, -0.2) is 28.5 Å². The number of aromatic nitrogens is 3. The molecule has 0 saturated heterocycles. The minimum atomic E-state index is -5.26. The Morgan fingerprint density at radius 1 is 1.05 bits per heavy atom. The van der Waals surface area contributed by atoms with Crippen molar-refractivity contribution in [3.8, 4) is 11.8 Å². The van der Waals surface area contributed by atoms with Gasteiger partial charge in [-0.2, -0.15) is 18.3 Å². The Labute approximate surface area is 217 Å². The normalized spacial score (nSPS) is 14.9. The van der Waals surface area contributed by atoms with Gasteiger partial charge in [0.1, 0.15) is 11.5 Å². The number of hydrogen-bond donors (Lipinski definition) is 1. The van der Waals surface area contributed by atoms with Crippen LogP contribution in [0.25, 0.3) is 5.65 Å². The lowest BCUT2D eigenvalue weighted by atomic mass is 10.0. The van der Waals surface area contributed by atoms with Gasteiger partial charge in [0.25, 0.3) is 0 Å². The number of hydrogen-bond acceptors (Lipinski definition) is 6. The maximum absolute atomic E-state index is 13.9. The Morgan fingerprint density at radius 2 is 1.87 bits per heavy atom. The van der Waals surface area contributed by atoms with Crippen molar-refractivity contribution in [3.05, 3.63) is 95.7 Å². The average molecular weight is 536 g/mol. The largest absolute Gasteiger partial charge is 0.491 e. The fraction of sp³-hybridized carbons (Fsp3) is 0.115. The van der Waals surface area contributed by atoms with E-state index in [1.807, 2.05) is 0 Å². The third kappa shape index (κ3) is 5.69. The molecule has 0 unspecified atom stereocenters.